The highest BCUT2D eigenvalue weighted by molar-refractivity contribution is 5.97. The molecule has 0 spiro atoms. The number of hydrogen-bond acceptors (Lipinski definition) is 6. The highest BCUT2D eigenvalue weighted by atomic mass is 16.5. The number of anilines is 1. The summed E-state index contributed by atoms with van der Waals surface area (Å²) < 4.78 is 9.45. The largest absolute Gasteiger partial charge is 0.378 e. The zero-order valence-corrected chi connectivity index (χ0v) is 24.4. The minimum atomic E-state index is -0.211. The predicted molar refractivity (Wildman–Crippen MR) is 161 cm³/mol. The fraction of sp³-hybridized carbons (Fsp3) is 0.406. The van der Waals surface area contributed by atoms with Gasteiger partial charge < -0.3 is 15.0 Å². The van der Waals surface area contributed by atoms with Gasteiger partial charge in [0.1, 0.15) is 0 Å². The Labute approximate surface area is 241 Å². The molecule has 2 aromatic carbocycles. The van der Waals surface area contributed by atoms with Crippen LogP contribution in [-0.2, 0) is 18.3 Å². The highest BCUT2D eigenvalue weighted by Gasteiger charge is 2.30. The molecule has 0 radical (unpaired) electrons. The molecule has 2 aliphatic heterocycles. The number of aromatic nitrogens is 4. The molecule has 0 saturated carbocycles. The summed E-state index contributed by atoms with van der Waals surface area (Å²) in [5.74, 6) is -0.0694. The Morgan fingerprint density at radius 3 is 2.73 bits per heavy atom. The van der Waals surface area contributed by atoms with Crippen molar-refractivity contribution in [3.8, 4) is 22.4 Å². The third-order valence-electron chi connectivity index (χ3n) is 8.37. The van der Waals surface area contributed by atoms with Crippen molar-refractivity contribution in [2.45, 2.75) is 39.4 Å². The van der Waals surface area contributed by atoms with Gasteiger partial charge >= 0.3 is 0 Å². The maximum Gasteiger partial charge on any atom is 0.252 e. The highest BCUT2D eigenvalue weighted by Crippen LogP contribution is 2.30. The lowest BCUT2D eigenvalue weighted by Crippen LogP contribution is -2.58. The number of ether oxygens (including phenoxy) is 1. The number of fused-ring (bicyclic) bond motifs is 1. The maximum absolute atomic E-state index is 13.7. The normalized spacial score (nSPS) is 18.2. The monoisotopic (exact) mass is 553 g/mol. The van der Waals surface area contributed by atoms with E-state index in [2.05, 4.69) is 57.5 Å². The summed E-state index contributed by atoms with van der Waals surface area (Å²) in [7, 11) is 1.92. The van der Waals surface area contributed by atoms with E-state index in [0.29, 0.717) is 11.6 Å². The van der Waals surface area contributed by atoms with Gasteiger partial charge in [0.25, 0.3) is 5.91 Å². The average Bonchev–Trinajstić information content (AvgIpc) is 3.66. The second kappa shape index (κ2) is 11.5. The Morgan fingerprint density at radius 1 is 1.10 bits per heavy atom. The molecular formula is C32H39N7O2. The minimum absolute atomic E-state index is 0.0694. The number of hydrogen-bond donors (Lipinski definition) is 1. The smallest absolute Gasteiger partial charge is 0.252 e. The fourth-order valence-electron chi connectivity index (χ4n) is 5.87. The van der Waals surface area contributed by atoms with Crippen LogP contribution in [0.1, 0.15) is 41.4 Å². The number of amides is 1. The van der Waals surface area contributed by atoms with E-state index in [9.17, 15) is 4.79 Å². The standard InChI is InChI=1S/C32H39N7O2/c1-5-39-9-8-31(35-39)26-15-24(14-25(16-26)27-18-33-36(4)19-27)23(3)34-32(40)30-17-28(7-6-22(30)2)38-11-10-37-12-13-41-21-29(37)20-38/h6-9,14-19,23,29H,5,10-13,20-21H2,1-4H3,(H,34,40)/t23-,29?/m1/s1. The van der Waals surface area contributed by atoms with E-state index < -0.39 is 0 Å². The van der Waals surface area contributed by atoms with Crippen molar-refractivity contribution < 1.29 is 9.53 Å². The van der Waals surface area contributed by atoms with Crippen LogP contribution < -0.4 is 10.2 Å². The van der Waals surface area contributed by atoms with Gasteiger partial charge in [-0.25, -0.2) is 0 Å². The number of nitrogens with zero attached hydrogens (tertiary/aromatic N) is 6. The van der Waals surface area contributed by atoms with Gasteiger partial charge in [0, 0.05) is 74.5 Å². The molecule has 2 saturated heterocycles. The zero-order chi connectivity index (χ0) is 28.5. The second-order valence-electron chi connectivity index (χ2n) is 11.2. The van der Waals surface area contributed by atoms with Crippen LogP contribution in [-0.4, -0.2) is 75.8 Å². The lowest BCUT2D eigenvalue weighted by molar-refractivity contribution is -0.0116. The van der Waals surface area contributed by atoms with Gasteiger partial charge in [0.05, 0.1) is 37.2 Å². The summed E-state index contributed by atoms with van der Waals surface area (Å²) in [5.41, 5.74) is 7.77. The first-order valence-electron chi connectivity index (χ1n) is 14.5. The van der Waals surface area contributed by atoms with Crippen LogP contribution in [0.4, 0.5) is 5.69 Å². The van der Waals surface area contributed by atoms with Crippen molar-refractivity contribution in [2.24, 2.45) is 7.05 Å². The number of piperazine rings is 1. The number of rotatable bonds is 7. The molecular weight excluding hydrogens is 514 g/mol. The van der Waals surface area contributed by atoms with Crippen LogP contribution in [0.25, 0.3) is 22.4 Å². The van der Waals surface area contributed by atoms with Crippen LogP contribution in [0.5, 0.6) is 0 Å². The summed E-state index contributed by atoms with van der Waals surface area (Å²) in [5, 5.41) is 12.4. The first-order chi connectivity index (χ1) is 19.9. The van der Waals surface area contributed by atoms with E-state index in [1.165, 1.54) is 0 Å². The molecule has 0 bridgehead atoms. The Bertz CT molecular complexity index is 1540. The molecule has 9 heteroatoms. The Balaban J connectivity index is 1.25. The van der Waals surface area contributed by atoms with Crippen molar-refractivity contribution >= 4 is 11.6 Å². The molecule has 2 fully saturated rings. The van der Waals surface area contributed by atoms with Gasteiger partial charge in [-0.15, -0.1) is 0 Å². The van der Waals surface area contributed by atoms with E-state index in [0.717, 1.165) is 85.1 Å². The molecule has 4 aromatic rings. The molecule has 6 rings (SSSR count). The molecule has 2 aliphatic rings. The molecule has 214 valence electrons. The lowest BCUT2D eigenvalue weighted by Gasteiger charge is -2.44. The zero-order valence-electron chi connectivity index (χ0n) is 24.4. The fourth-order valence-corrected chi connectivity index (χ4v) is 5.87. The second-order valence-corrected chi connectivity index (χ2v) is 11.2. The Kier molecular flexibility index (Phi) is 7.64. The van der Waals surface area contributed by atoms with Crippen molar-refractivity contribution in [3.63, 3.8) is 0 Å². The van der Waals surface area contributed by atoms with Crippen LogP contribution in [0, 0.1) is 6.92 Å². The van der Waals surface area contributed by atoms with E-state index in [1.54, 1.807) is 4.68 Å². The molecule has 0 aliphatic carbocycles. The molecule has 2 aromatic heterocycles. The van der Waals surface area contributed by atoms with Crippen molar-refractivity contribution in [1.29, 1.82) is 0 Å². The summed E-state index contributed by atoms with van der Waals surface area (Å²) in [6.45, 7) is 12.4. The van der Waals surface area contributed by atoms with Crippen LogP contribution in [0.2, 0.25) is 0 Å². The van der Waals surface area contributed by atoms with Crippen molar-refractivity contribution in [3.05, 3.63) is 77.7 Å². The number of carbonyl (C=O) groups excluding carboxylic acids is 1. The Morgan fingerprint density at radius 2 is 1.95 bits per heavy atom. The van der Waals surface area contributed by atoms with Crippen molar-refractivity contribution in [2.75, 3.05) is 44.3 Å². The summed E-state index contributed by atoms with van der Waals surface area (Å²) in [6.07, 6.45) is 5.86. The number of morpholine rings is 1. The molecule has 9 nitrogen and oxygen atoms in total. The first-order valence-corrected chi connectivity index (χ1v) is 14.5. The molecule has 4 heterocycles. The van der Waals surface area contributed by atoms with E-state index in [4.69, 9.17) is 9.84 Å². The Hall–Kier alpha value is -3.95. The summed E-state index contributed by atoms with van der Waals surface area (Å²) in [6, 6.07) is 14.9. The van der Waals surface area contributed by atoms with Crippen molar-refractivity contribution in [1.82, 2.24) is 29.8 Å². The van der Waals surface area contributed by atoms with E-state index >= 15 is 0 Å². The molecule has 1 unspecified atom stereocenters. The first kappa shape index (κ1) is 27.2. The van der Waals surface area contributed by atoms with Gasteiger partial charge in [-0.05, 0) is 73.9 Å². The maximum atomic E-state index is 13.7. The quantitative estimate of drug-likeness (QED) is 0.368. The van der Waals surface area contributed by atoms with E-state index in [-0.39, 0.29) is 11.9 Å². The van der Waals surface area contributed by atoms with Crippen LogP contribution >= 0.6 is 0 Å². The minimum Gasteiger partial charge on any atom is -0.378 e. The number of benzene rings is 2. The summed E-state index contributed by atoms with van der Waals surface area (Å²) >= 11 is 0. The average molecular weight is 554 g/mol. The van der Waals surface area contributed by atoms with Crippen LogP contribution in [0.3, 0.4) is 0 Å². The predicted octanol–water partition coefficient (Wildman–Crippen LogP) is 4.29. The van der Waals surface area contributed by atoms with Gasteiger partial charge in [-0.2, -0.15) is 10.2 Å². The van der Waals surface area contributed by atoms with E-state index in [1.807, 2.05) is 56.3 Å². The number of carbonyl (C=O) groups is 1. The molecule has 1 amide bonds. The topological polar surface area (TPSA) is 80.5 Å². The van der Waals surface area contributed by atoms with Gasteiger partial charge in [0.2, 0.25) is 0 Å². The number of nitrogens with one attached hydrogen (secondary N) is 1. The summed E-state index contributed by atoms with van der Waals surface area (Å²) in [4.78, 5) is 18.6. The third-order valence-corrected chi connectivity index (χ3v) is 8.37. The lowest BCUT2D eigenvalue weighted by atomic mass is 9.96. The van der Waals surface area contributed by atoms with Gasteiger partial charge in [-0.3, -0.25) is 19.1 Å². The van der Waals surface area contributed by atoms with Gasteiger partial charge in [0.15, 0.2) is 0 Å². The van der Waals surface area contributed by atoms with Crippen LogP contribution in [0.15, 0.2) is 61.1 Å². The third kappa shape index (κ3) is 5.78. The molecule has 2 atom stereocenters. The SMILES string of the molecule is CCn1ccc(-c2cc(-c3cnn(C)c3)cc([C@@H](C)NC(=O)c3cc(N4CCN5CCOCC5C4)ccc3C)c2)n1. The molecule has 41 heavy (non-hydrogen) atoms. The number of aryl methyl sites for hydroxylation is 3. The molecule has 1 N–H and O–H groups in total. The van der Waals surface area contributed by atoms with Gasteiger partial charge in [-0.1, -0.05) is 6.07 Å².